The van der Waals surface area contributed by atoms with Crippen LogP contribution in [0.2, 0.25) is 0 Å². The van der Waals surface area contributed by atoms with Gasteiger partial charge in [-0.3, -0.25) is 4.79 Å². The molecule has 5 nitrogen and oxygen atoms in total. The first-order valence-corrected chi connectivity index (χ1v) is 8.63. The number of phenols is 1. The third kappa shape index (κ3) is 3.33. The molecular formula is C18H21NO4S. The van der Waals surface area contributed by atoms with Crippen LogP contribution in [-0.4, -0.2) is 25.2 Å². The van der Waals surface area contributed by atoms with Crippen LogP contribution in [0, 0.1) is 12.8 Å². The molecule has 3 rings (SSSR count). The molecule has 1 fully saturated rings. The van der Waals surface area contributed by atoms with Gasteiger partial charge in [-0.05, 0) is 43.2 Å². The Morgan fingerprint density at radius 1 is 1.29 bits per heavy atom. The van der Waals surface area contributed by atoms with Crippen LogP contribution in [0.4, 0.5) is 0 Å². The van der Waals surface area contributed by atoms with Crippen LogP contribution in [0.15, 0.2) is 24.3 Å². The van der Waals surface area contributed by atoms with E-state index in [-0.39, 0.29) is 17.6 Å². The van der Waals surface area contributed by atoms with Crippen molar-refractivity contribution in [3.05, 3.63) is 39.6 Å². The summed E-state index contributed by atoms with van der Waals surface area (Å²) in [5.74, 6) is 1.10. The van der Waals surface area contributed by atoms with Crippen molar-refractivity contribution >= 4 is 17.2 Å². The van der Waals surface area contributed by atoms with Gasteiger partial charge in [0.1, 0.15) is 0 Å². The molecule has 2 aromatic rings. The average molecular weight is 347 g/mol. The summed E-state index contributed by atoms with van der Waals surface area (Å²) < 4.78 is 10.3. The molecule has 1 aliphatic rings. The number of hydrogen-bond acceptors (Lipinski definition) is 5. The second-order valence-corrected chi connectivity index (χ2v) is 7.28. The Hall–Kier alpha value is -2.21. The first kappa shape index (κ1) is 16.6. The van der Waals surface area contributed by atoms with Gasteiger partial charge in [-0.25, -0.2) is 0 Å². The molecule has 1 aromatic heterocycles. The molecule has 0 radical (unpaired) electrons. The molecule has 1 saturated carbocycles. The van der Waals surface area contributed by atoms with Gasteiger partial charge >= 0.3 is 0 Å². The molecule has 24 heavy (non-hydrogen) atoms. The molecule has 2 N–H and O–H groups in total. The highest BCUT2D eigenvalue weighted by molar-refractivity contribution is 7.12. The summed E-state index contributed by atoms with van der Waals surface area (Å²) in [7, 11) is 2.96. The number of ether oxygens (including phenoxy) is 2. The minimum Gasteiger partial charge on any atom is -0.502 e. The number of nitrogens with one attached hydrogen (secondary N) is 1. The summed E-state index contributed by atoms with van der Waals surface area (Å²) in [5, 5.41) is 12.9. The Morgan fingerprint density at radius 2 is 1.96 bits per heavy atom. The van der Waals surface area contributed by atoms with E-state index in [1.54, 1.807) is 23.5 Å². The van der Waals surface area contributed by atoms with Gasteiger partial charge in [0.05, 0.1) is 14.2 Å². The first-order valence-electron chi connectivity index (χ1n) is 7.81. The van der Waals surface area contributed by atoms with Gasteiger partial charge in [-0.2, -0.15) is 0 Å². The average Bonchev–Trinajstić information content (AvgIpc) is 3.27. The zero-order chi connectivity index (χ0) is 17.3. The van der Waals surface area contributed by atoms with Crippen molar-refractivity contribution in [1.29, 1.82) is 0 Å². The molecule has 0 spiro atoms. The Kier molecular flexibility index (Phi) is 4.66. The largest absolute Gasteiger partial charge is 0.502 e. The fraction of sp³-hybridized carbons (Fsp3) is 0.389. The molecule has 0 aliphatic heterocycles. The lowest BCUT2D eigenvalue weighted by Gasteiger charge is -2.12. The summed E-state index contributed by atoms with van der Waals surface area (Å²) in [6, 6.07) is 7.62. The molecule has 1 aliphatic carbocycles. The molecule has 0 bridgehead atoms. The number of rotatable bonds is 6. The lowest BCUT2D eigenvalue weighted by atomic mass is 10.1. The second kappa shape index (κ2) is 6.73. The normalized spacial score (nSPS) is 19.0. The fourth-order valence-corrected chi connectivity index (χ4v) is 3.88. The highest BCUT2D eigenvalue weighted by atomic mass is 32.1. The number of carbonyl (C=O) groups excluding carboxylic acids is 1. The van der Waals surface area contributed by atoms with Crippen molar-refractivity contribution in [1.82, 2.24) is 5.32 Å². The quantitative estimate of drug-likeness (QED) is 0.842. The van der Waals surface area contributed by atoms with Crippen LogP contribution in [0.25, 0.3) is 0 Å². The number of carbonyl (C=O) groups is 1. The molecule has 0 unspecified atom stereocenters. The van der Waals surface area contributed by atoms with Gasteiger partial charge < -0.3 is 19.9 Å². The van der Waals surface area contributed by atoms with Crippen LogP contribution in [0.1, 0.15) is 27.7 Å². The summed E-state index contributed by atoms with van der Waals surface area (Å²) in [4.78, 5) is 14.9. The molecule has 1 heterocycles. The lowest BCUT2D eigenvalue weighted by molar-refractivity contribution is -0.122. The number of thiophene rings is 1. The zero-order valence-electron chi connectivity index (χ0n) is 14.0. The molecule has 6 heteroatoms. The predicted molar refractivity (Wildman–Crippen MR) is 93.0 cm³/mol. The van der Waals surface area contributed by atoms with Crippen LogP contribution in [-0.2, 0) is 11.3 Å². The third-order valence-corrected chi connectivity index (χ3v) is 5.39. The molecular weight excluding hydrogens is 326 g/mol. The van der Waals surface area contributed by atoms with Crippen molar-refractivity contribution in [2.24, 2.45) is 5.92 Å². The van der Waals surface area contributed by atoms with Gasteiger partial charge in [0, 0.05) is 28.1 Å². The standard InChI is InChI=1S/C18H21NO4S/c1-10-4-5-16(24-10)12-8-13(12)18(21)19-9-11-6-14(22-2)17(20)15(7-11)23-3/h4-7,12-13,20H,8-9H2,1-3H3,(H,19,21)/t12-,13-/m1/s1. The van der Waals surface area contributed by atoms with Crippen molar-refractivity contribution < 1.29 is 19.4 Å². The van der Waals surface area contributed by atoms with E-state index in [0.717, 1.165) is 12.0 Å². The zero-order valence-corrected chi connectivity index (χ0v) is 14.8. The van der Waals surface area contributed by atoms with Crippen molar-refractivity contribution in [3.8, 4) is 17.2 Å². The minimum atomic E-state index is -0.0367. The summed E-state index contributed by atoms with van der Waals surface area (Å²) in [6.45, 7) is 2.45. The topological polar surface area (TPSA) is 67.8 Å². The van der Waals surface area contributed by atoms with Gasteiger partial charge in [0.15, 0.2) is 11.5 Å². The number of amides is 1. The summed E-state index contributed by atoms with van der Waals surface area (Å²) in [5.41, 5.74) is 0.819. The SMILES string of the molecule is COc1cc(CNC(=O)[C@@H]2C[C@H]2c2ccc(C)s2)cc(OC)c1O. The number of aryl methyl sites for hydroxylation is 1. The van der Waals surface area contributed by atoms with E-state index >= 15 is 0 Å². The monoisotopic (exact) mass is 347 g/mol. The van der Waals surface area contributed by atoms with Crippen LogP contribution in [0.3, 0.4) is 0 Å². The number of methoxy groups -OCH3 is 2. The van der Waals surface area contributed by atoms with E-state index in [1.807, 2.05) is 0 Å². The highest BCUT2D eigenvalue weighted by Gasteiger charge is 2.44. The Labute approximate surface area is 145 Å². The fourth-order valence-electron chi connectivity index (χ4n) is 2.82. The molecule has 1 amide bonds. The van der Waals surface area contributed by atoms with Crippen LogP contribution in [0.5, 0.6) is 17.2 Å². The third-order valence-electron chi connectivity index (χ3n) is 4.26. The summed E-state index contributed by atoms with van der Waals surface area (Å²) >= 11 is 1.76. The Bertz CT molecular complexity index is 730. The first-order chi connectivity index (χ1) is 11.5. The van der Waals surface area contributed by atoms with E-state index < -0.39 is 0 Å². The predicted octanol–water partition coefficient (Wildman–Crippen LogP) is 3.20. The minimum absolute atomic E-state index is 0.0367. The van der Waals surface area contributed by atoms with Crippen LogP contribution >= 0.6 is 11.3 Å². The van der Waals surface area contributed by atoms with E-state index in [2.05, 4.69) is 24.4 Å². The highest BCUT2D eigenvalue weighted by Crippen LogP contribution is 2.49. The number of benzene rings is 1. The van der Waals surface area contributed by atoms with E-state index in [1.165, 1.54) is 24.0 Å². The summed E-state index contributed by atoms with van der Waals surface area (Å²) in [6.07, 6.45) is 0.911. The Morgan fingerprint density at radius 3 is 2.50 bits per heavy atom. The smallest absolute Gasteiger partial charge is 0.224 e. The number of hydrogen-bond donors (Lipinski definition) is 2. The second-order valence-electron chi connectivity index (χ2n) is 5.96. The van der Waals surface area contributed by atoms with E-state index in [9.17, 15) is 9.90 Å². The molecule has 2 atom stereocenters. The number of aromatic hydroxyl groups is 1. The van der Waals surface area contributed by atoms with Gasteiger partial charge in [-0.15, -0.1) is 11.3 Å². The van der Waals surface area contributed by atoms with E-state index in [0.29, 0.717) is 24.0 Å². The van der Waals surface area contributed by atoms with Crippen molar-refractivity contribution in [3.63, 3.8) is 0 Å². The van der Waals surface area contributed by atoms with E-state index in [4.69, 9.17) is 9.47 Å². The van der Waals surface area contributed by atoms with Gasteiger partial charge in [-0.1, -0.05) is 0 Å². The molecule has 1 aromatic carbocycles. The van der Waals surface area contributed by atoms with Crippen molar-refractivity contribution in [2.75, 3.05) is 14.2 Å². The maximum absolute atomic E-state index is 12.3. The maximum Gasteiger partial charge on any atom is 0.224 e. The molecule has 0 saturated heterocycles. The number of phenolic OH excluding ortho intramolecular Hbond substituents is 1. The Balaban J connectivity index is 1.61. The maximum atomic E-state index is 12.3. The van der Waals surface area contributed by atoms with Gasteiger partial charge in [0.25, 0.3) is 0 Å². The van der Waals surface area contributed by atoms with Crippen LogP contribution < -0.4 is 14.8 Å². The molecule has 128 valence electrons. The van der Waals surface area contributed by atoms with Gasteiger partial charge in [0.2, 0.25) is 11.7 Å². The lowest BCUT2D eigenvalue weighted by Crippen LogP contribution is -2.24. The van der Waals surface area contributed by atoms with Crippen molar-refractivity contribution in [2.45, 2.75) is 25.8 Å².